The number of hydrogen-bond acceptors (Lipinski definition) is 6. The highest BCUT2D eigenvalue weighted by atomic mass is 16.2. The molecule has 0 saturated carbocycles. The normalized spacial score (nSPS) is 13.9. The lowest BCUT2D eigenvalue weighted by atomic mass is 9.87. The molecule has 0 aromatic rings. The van der Waals surface area contributed by atoms with Gasteiger partial charge in [-0.2, -0.15) is 0 Å². The van der Waals surface area contributed by atoms with E-state index in [1.54, 1.807) is 0 Å². The van der Waals surface area contributed by atoms with Crippen LogP contribution in [0.5, 0.6) is 0 Å². The SMILES string of the molecule is CC(C)CCC(C)C(=O)CCC(=O)NC(CCC(C)C)C(=O)CCC(=O)NC(CCC(C)C)C(=O)CCCC(=O)C(C)(C)C. The van der Waals surface area contributed by atoms with Gasteiger partial charge in [-0.25, -0.2) is 0 Å². The van der Waals surface area contributed by atoms with Gasteiger partial charge in [0, 0.05) is 49.9 Å². The van der Waals surface area contributed by atoms with Crippen molar-refractivity contribution in [2.75, 3.05) is 0 Å². The van der Waals surface area contributed by atoms with Gasteiger partial charge in [0.2, 0.25) is 11.8 Å². The van der Waals surface area contributed by atoms with E-state index in [4.69, 9.17) is 0 Å². The maximum atomic E-state index is 13.2. The predicted molar refractivity (Wildman–Crippen MR) is 177 cm³/mol. The molecule has 0 rings (SSSR count). The van der Waals surface area contributed by atoms with E-state index >= 15 is 0 Å². The fourth-order valence-corrected chi connectivity index (χ4v) is 4.77. The summed E-state index contributed by atoms with van der Waals surface area (Å²) < 4.78 is 0. The lowest BCUT2D eigenvalue weighted by Gasteiger charge is -2.21. The smallest absolute Gasteiger partial charge is 0.221 e. The Bertz CT molecular complexity index is 931. The van der Waals surface area contributed by atoms with Crippen molar-refractivity contribution in [1.82, 2.24) is 10.6 Å². The number of carbonyl (C=O) groups is 6. The minimum atomic E-state index is -0.718. The number of hydrogen-bond donors (Lipinski definition) is 2. The predicted octanol–water partition coefficient (Wildman–Crippen LogP) is 6.95. The number of Topliss-reactive ketones (excluding diaryl/α,β-unsaturated/α-hetero) is 4. The maximum Gasteiger partial charge on any atom is 0.221 e. The van der Waals surface area contributed by atoms with Crippen LogP contribution in [0.3, 0.4) is 0 Å². The second kappa shape index (κ2) is 21.4. The minimum absolute atomic E-state index is 0.0395. The van der Waals surface area contributed by atoms with Crippen LogP contribution in [-0.2, 0) is 28.8 Å². The van der Waals surface area contributed by atoms with Gasteiger partial charge in [0.25, 0.3) is 0 Å². The van der Waals surface area contributed by atoms with Gasteiger partial charge in [-0.1, -0.05) is 75.7 Å². The van der Waals surface area contributed by atoms with Crippen molar-refractivity contribution in [3.8, 4) is 0 Å². The molecule has 0 fully saturated rings. The summed E-state index contributed by atoms with van der Waals surface area (Å²) in [6.07, 6.45) is 5.27. The molecule has 44 heavy (non-hydrogen) atoms. The van der Waals surface area contributed by atoms with Crippen LogP contribution in [0.25, 0.3) is 0 Å². The summed E-state index contributed by atoms with van der Waals surface area (Å²) in [7, 11) is 0. The first-order valence-corrected chi connectivity index (χ1v) is 17.0. The molecule has 2 amide bonds. The number of nitrogens with one attached hydrogen (secondary N) is 2. The van der Waals surface area contributed by atoms with Gasteiger partial charge in [0.1, 0.15) is 11.6 Å². The second-order valence-corrected chi connectivity index (χ2v) is 15.0. The third kappa shape index (κ3) is 19.8. The van der Waals surface area contributed by atoms with Crippen molar-refractivity contribution in [3.63, 3.8) is 0 Å². The zero-order chi connectivity index (χ0) is 34.0. The molecule has 0 aromatic carbocycles. The number of amides is 2. The third-order valence-electron chi connectivity index (χ3n) is 8.10. The molecule has 3 atom stereocenters. The Morgan fingerprint density at radius 3 is 1.27 bits per heavy atom. The first kappa shape index (κ1) is 41.6. The van der Waals surface area contributed by atoms with E-state index in [9.17, 15) is 28.8 Å². The molecule has 8 nitrogen and oxygen atoms in total. The van der Waals surface area contributed by atoms with Gasteiger partial charge in [-0.3, -0.25) is 28.8 Å². The van der Waals surface area contributed by atoms with Crippen molar-refractivity contribution < 1.29 is 28.8 Å². The molecule has 0 spiro atoms. The average Bonchev–Trinajstić information content (AvgIpc) is 2.92. The molecule has 0 heterocycles. The molecule has 3 unspecified atom stereocenters. The van der Waals surface area contributed by atoms with Gasteiger partial charge < -0.3 is 10.6 Å². The van der Waals surface area contributed by atoms with Crippen molar-refractivity contribution in [2.24, 2.45) is 29.1 Å². The summed E-state index contributed by atoms with van der Waals surface area (Å²) in [5, 5.41) is 5.66. The first-order valence-electron chi connectivity index (χ1n) is 17.0. The Morgan fingerprint density at radius 2 is 0.864 bits per heavy atom. The van der Waals surface area contributed by atoms with Gasteiger partial charge in [0.15, 0.2) is 11.6 Å². The van der Waals surface area contributed by atoms with Gasteiger partial charge >= 0.3 is 0 Å². The summed E-state index contributed by atoms with van der Waals surface area (Å²) >= 11 is 0. The Labute approximate surface area is 268 Å². The highest BCUT2D eigenvalue weighted by molar-refractivity contribution is 5.94. The Hall–Kier alpha value is -2.38. The zero-order valence-electron chi connectivity index (χ0n) is 29.6. The quantitative estimate of drug-likeness (QED) is 0.120. The fourth-order valence-electron chi connectivity index (χ4n) is 4.77. The monoisotopic (exact) mass is 620 g/mol. The Balaban J connectivity index is 5.11. The van der Waals surface area contributed by atoms with Crippen molar-refractivity contribution >= 4 is 34.9 Å². The highest BCUT2D eigenvalue weighted by Crippen LogP contribution is 2.19. The zero-order valence-corrected chi connectivity index (χ0v) is 29.6. The largest absolute Gasteiger partial charge is 0.346 e. The van der Waals surface area contributed by atoms with E-state index in [2.05, 4.69) is 38.3 Å². The van der Waals surface area contributed by atoms with Gasteiger partial charge in [-0.15, -0.1) is 0 Å². The molecular formula is C36H64N2O6. The van der Waals surface area contributed by atoms with Crippen molar-refractivity contribution in [1.29, 1.82) is 0 Å². The number of rotatable bonds is 24. The van der Waals surface area contributed by atoms with E-state index in [-0.39, 0.29) is 73.0 Å². The molecule has 0 saturated heterocycles. The van der Waals surface area contributed by atoms with E-state index < -0.39 is 17.5 Å². The summed E-state index contributed by atoms with van der Waals surface area (Å²) in [6, 6.07) is -1.37. The topological polar surface area (TPSA) is 126 Å². The number of ketones is 4. The highest BCUT2D eigenvalue weighted by Gasteiger charge is 2.26. The first-order chi connectivity index (χ1) is 20.3. The molecule has 0 radical (unpaired) electrons. The van der Waals surface area contributed by atoms with Crippen molar-refractivity contribution in [2.45, 2.75) is 165 Å². The van der Waals surface area contributed by atoms with Crippen LogP contribution in [-0.4, -0.2) is 47.0 Å². The fraction of sp³-hybridized carbons (Fsp3) is 0.833. The van der Waals surface area contributed by atoms with Crippen LogP contribution in [0.1, 0.15) is 153 Å². The second-order valence-electron chi connectivity index (χ2n) is 15.0. The maximum absolute atomic E-state index is 13.2. The standard InChI is InChI=1S/C36H64N2O6/c1-24(2)14-17-27(7)30(39)20-22-34(43)38-29(19-16-26(5)6)32(41)21-23-35(44)37-28(18-15-25(3)4)31(40)12-11-13-33(42)36(8,9)10/h24-29H,11-23H2,1-10H3,(H,37,44)(H,38,43). The molecule has 254 valence electrons. The van der Waals surface area contributed by atoms with Crippen LogP contribution in [0, 0.1) is 29.1 Å². The lowest BCUT2D eigenvalue weighted by molar-refractivity contribution is -0.131. The van der Waals surface area contributed by atoms with E-state index in [1.807, 2.05) is 41.5 Å². The van der Waals surface area contributed by atoms with Crippen LogP contribution < -0.4 is 10.6 Å². The molecule has 0 bridgehead atoms. The summed E-state index contributed by atoms with van der Waals surface area (Å²) in [4.78, 5) is 76.5. The molecule has 0 aromatic heterocycles. The molecule has 0 aliphatic rings. The van der Waals surface area contributed by atoms with Crippen LogP contribution in [0.4, 0.5) is 0 Å². The average molecular weight is 621 g/mol. The minimum Gasteiger partial charge on any atom is -0.346 e. The molecule has 0 aliphatic carbocycles. The molecular weight excluding hydrogens is 556 g/mol. The molecule has 0 aliphatic heterocycles. The summed E-state index contributed by atoms with van der Waals surface area (Å²) in [5.41, 5.74) is -0.448. The molecule has 2 N–H and O–H groups in total. The van der Waals surface area contributed by atoms with E-state index in [0.29, 0.717) is 43.4 Å². The lowest BCUT2D eigenvalue weighted by Crippen LogP contribution is -2.43. The van der Waals surface area contributed by atoms with Gasteiger partial charge in [-0.05, 0) is 56.3 Å². The Morgan fingerprint density at radius 1 is 0.477 bits per heavy atom. The van der Waals surface area contributed by atoms with Gasteiger partial charge in [0.05, 0.1) is 12.1 Å². The van der Waals surface area contributed by atoms with Crippen LogP contribution in [0.2, 0.25) is 0 Å². The summed E-state index contributed by atoms with van der Waals surface area (Å²) in [6.45, 7) is 19.9. The summed E-state index contributed by atoms with van der Waals surface area (Å²) in [5.74, 6) is 0.258. The molecule has 8 heteroatoms. The third-order valence-corrected chi connectivity index (χ3v) is 8.10. The van der Waals surface area contributed by atoms with E-state index in [0.717, 1.165) is 25.7 Å². The van der Waals surface area contributed by atoms with Crippen LogP contribution >= 0.6 is 0 Å². The number of carbonyl (C=O) groups excluding carboxylic acids is 6. The van der Waals surface area contributed by atoms with Crippen LogP contribution in [0.15, 0.2) is 0 Å². The van der Waals surface area contributed by atoms with E-state index in [1.165, 1.54) is 0 Å². The Kier molecular flexibility index (Phi) is 20.2. The van der Waals surface area contributed by atoms with Crippen molar-refractivity contribution in [3.05, 3.63) is 0 Å².